The zero-order valence-corrected chi connectivity index (χ0v) is 11.9. The van der Waals surface area contributed by atoms with Crippen LogP contribution in [0.1, 0.15) is 28.4 Å². The van der Waals surface area contributed by atoms with Gasteiger partial charge in [-0.25, -0.2) is 0 Å². The third-order valence-corrected chi connectivity index (χ3v) is 4.51. The maximum Gasteiger partial charge on any atom is 0.106 e. The highest BCUT2D eigenvalue weighted by Crippen LogP contribution is 2.33. The van der Waals surface area contributed by atoms with Gasteiger partial charge in [-0.05, 0) is 41.8 Å². The minimum Gasteiger partial charge on any atom is -0.384 e. The molecule has 0 bridgehead atoms. The molecular weight excluding hydrogens is 252 g/mol. The monoisotopic (exact) mass is 268 g/mol. The van der Waals surface area contributed by atoms with Crippen LogP contribution in [0.5, 0.6) is 0 Å². The molecule has 0 aliphatic heterocycles. The second kappa shape index (κ2) is 4.80. The van der Waals surface area contributed by atoms with Gasteiger partial charge in [-0.15, -0.1) is 11.3 Å². The highest BCUT2D eigenvalue weighted by Gasteiger charge is 2.16. The Balaban J connectivity index is 2.15. The van der Waals surface area contributed by atoms with E-state index < -0.39 is 6.10 Å². The molecule has 3 aromatic rings. The molecule has 1 N–H and O–H groups in total. The number of aliphatic hydroxyl groups excluding tert-OH is 1. The molecule has 1 atom stereocenters. The van der Waals surface area contributed by atoms with Crippen LogP contribution >= 0.6 is 11.3 Å². The van der Waals surface area contributed by atoms with Gasteiger partial charge < -0.3 is 5.11 Å². The molecule has 96 valence electrons. The topological polar surface area (TPSA) is 20.2 Å². The van der Waals surface area contributed by atoms with E-state index in [2.05, 4.69) is 42.6 Å². The van der Waals surface area contributed by atoms with Crippen molar-refractivity contribution in [2.45, 2.75) is 20.0 Å². The summed E-state index contributed by atoms with van der Waals surface area (Å²) in [6.07, 6.45) is -0.553. The summed E-state index contributed by atoms with van der Waals surface area (Å²) >= 11 is 1.69. The Morgan fingerprint density at radius 1 is 1.00 bits per heavy atom. The molecule has 0 aliphatic carbocycles. The molecule has 0 saturated heterocycles. The predicted molar refractivity (Wildman–Crippen MR) is 81.8 cm³/mol. The van der Waals surface area contributed by atoms with Crippen LogP contribution < -0.4 is 0 Å². The molecule has 1 heterocycles. The van der Waals surface area contributed by atoms with Gasteiger partial charge in [-0.2, -0.15) is 0 Å². The predicted octanol–water partition coefficient (Wildman–Crippen LogP) is 4.60. The lowest BCUT2D eigenvalue weighted by Crippen LogP contribution is -2.02. The Bertz CT molecular complexity index is 727. The van der Waals surface area contributed by atoms with E-state index in [1.807, 2.05) is 19.1 Å². The molecule has 1 nitrogen and oxygen atoms in total. The van der Waals surface area contributed by atoms with Crippen molar-refractivity contribution < 1.29 is 5.11 Å². The third-order valence-electron chi connectivity index (χ3n) is 3.53. The summed E-state index contributed by atoms with van der Waals surface area (Å²) in [5.41, 5.74) is 4.31. The lowest BCUT2D eigenvalue weighted by atomic mass is 9.95. The number of hydrogen-bond donors (Lipinski definition) is 1. The van der Waals surface area contributed by atoms with Gasteiger partial charge in [0.25, 0.3) is 0 Å². The van der Waals surface area contributed by atoms with Crippen LogP contribution in [0.3, 0.4) is 0 Å². The van der Waals surface area contributed by atoms with Gasteiger partial charge in [0, 0.05) is 10.3 Å². The number of hydrogen-bond acceptors (Lipinski definition) is 2. The van der Waals surface area contributed by atoms with Crippen LogP contribution in [-0.2, 0) is 0 Å². The molecule has 0 aliphatic rings. The van der Waals surface area contributed by atoms with Crippen molar-refractivity contribution in [3.05, 3.63) is 70.1 Å². The Morgan fingerprint density at radius 2 is 1.84 bits per heavy atom. The van der Waals surface area contributed by atoms with Crippen molar-refractivity contribution in [3.8, 4) is 0 Å². The van der Waals surface area contributed by atoms with Crippen LogP contribution in [0.15, 0.2) is 47.8 Å². The fraction of sp³-hybridized carbons (Fsp3) is 0.176. The number of thiophene rings is 1. The number of aliphatic hydroxyl groups is 1. The molecule has 0 amide bonds. The first-order valence-corrected chi connectivity index (χ1v) is 7.26. The average Bonchev–Trinajstić information content (AvgIpc) is 2.89. The Kier molecular flexibility index (Phi) is 3.13. The summed E-state index contributed by atoms with van der Waals surface area (Å²) < 4.78 is 1.18. The van der Waals surface area contributed by atoms with E-state index in [0.29, 0.717) is 0 Å². The van der Waals surface area contributed by atoms with Gasteiger partial charge >= 0.3 is 0 Å². The van der Waals surface area contributed by atoms with Crippen LogP contribution in [0.25, 0.3) is 10.1 Å². The van der Waals surface area contributed by atoms with E-state index in [1.165, 1.54) is 15.6 Å². The van der Waals surface area contributed by atoms with E-state index in [0.717, 1.165) is 16.7 Å². The second-order valence-electron chi connectivity index (χ2n) is 4.95. The lowest BCUT2D eigenvalue weighted by Gasteiger charge is -2.16. The summed E-state index contributed by atoms with van der Waals surface area (Å²) in [5.74, 6) is 0. The maximum atomic E-state index is 10.7. The first kappa shape index (κ1) is 12.4. The highest BCUT2D eigenvalue weighted by atomic mass is 32.1. The molecule has 2 heteroatoms. The van der Waals surface area contributed by atoms with E-state index in [1.54, 1.807) is 11.3 Å². The largest absolute Gasteiger partial charge is 0.384 e. The molecule has 0 radical (unpaired) electrons. The van der Waals surface area contributed by atoms with E-state index in [9.17, 15) is 5.11 Å². The summed E-state index contributed by atoms with van der Waals surface area (Å²) in [7, 11) is 0. The summed E-state index contributed by atoms with van der Waals surface area (Å²) in [6, 6.07) is 14.4. The lowest BCUT2D eigenvalue weighted by molar-refractivity contribution is 0.221. The first-order valence-electron chi connectivity index (χ1n) is 6.38. The maximum absolute atomic E-state index is 10.7. The van der Waals surface area contributed by atoms with Crippen LogP contribution in [0.4, 0.5) is 0 Å². The summed E-state index contributed by atoms with van der Waals surface area (Å²) in [5, 5.41) is 14.0. The fourth-order valence-corrected chi connectivity index (χ4v) is 3.39. The normalized spacial score (nSPS) is 12.8. The fourth-order valence-electron chi connectivity index (χ4n) is 2.45. The van der Waals surface area contributed by atoms with Crippen molar-refractivity contribution in [3.63, 3.8) is 0 Å². The van der Waals surface area contributed by atoms with Crippen molar-refractivity contribution >= 4 is 21.4 Å². The SMILES string of the molecule is Cc1ccc(C)c(C(O)c2cccc3ccsc23)c1. The molecule has 2 aromatic carbocycles. The van der Waals surface area contributed by atoms with Crippen molar-refractivity contribution in [1.82, 2.24) is 0 Å². The minimum atomic E-state index is -0.553. The molecule has 19 heavy (non-hydrogen) atoms. The first-order chi connectivity index (χ1) is 9.16. The molecular formula is C17H16OS. The molecule has 1 unspecified atom stereocenters. The zero-order valence-electron chi connectivity index (χ0n) is 11.1. The molecule has 0 saturated carbocycles. The molecule has 3 rings (SSSR count). The average molecular weight is 268 g/mol. The van der Waals surface area contributed by atoms with Crippen LogP contribution in [0, 0.1) is 13.8 Å². The van der Waals surface area contributed by atoms with Crippen LogP contribution in [0.2, 0.25) is 0 Å². The van der Waals surface area contributed by atoms with E-state index >= 15 is 0 Å². The Morgan fingerprint density at radius 3 is 2.68 bits per heavy atom. The quantitative estimate of drug-likeness (QED) is 0.720. The van der Waals surface area contributed by atoms with Crippen molar-refractivity contribution in [2.24, 2.45) is 0 Å². The molecule has 0 spiro atoms. The number of benzene rings is 2. The number of rotatable bonds is 2. The second-order valence-corrected chi connectivity index (χ2v) is 5.86. The number of fused-ring (bicyclic) bond motifs is 1. The van der Waals surface area contributed by atoms with E-state index in [4.69, 9.17) is 0 Å². The molecule has 1 aromatic heterocycles. The zero-order chi connectivity index (χ0) is 13.4. The standard InChI is InChI=1S/C17H16OS/c1-11-6-7-12(2)15(10-11)16(18)14-5-3-4-13-8-9-19-17(13)14/h3-10,16,18H,1-2H3. The smallest absolute Gasteiger partial charge is 0.106 e. The van der Waals surface area contributed by atoms with Crippen molar-refractivity contribution in [2.75, 3.05) is 0 Å². The van der Waals surface area contributed by atoms with Crippen LogP contribution in [-0.4, -0.2) is 5.11 Å². The van der Waals surface area contributed by atoms with Gasteiger partial charge in [0.2, 0.25) is 0 Å². The minimum absolute atomic E-state index is 0.553. The van der Waals surface area contributed by atoms with Crippen molar-refractivity contribution in [1.29, 1.82) is 0 Å². The third kappa shape index (κ3) is 2.18. The number of aryl methyl sites for hydroxylation is 2. The Labute approximate surface area is 117 Å². The van der Waals surface area contributed by atoms with Gasteiger partial charge in [-0.3, -0.25) is 0 Å². The van der Waals surface area contributed by atoms with Gasteiger partial charge in [-0.1, -0.05) is 42.0 Å². The summed E-state index contributed by atoms with van der Waals surface area (Å²) in [6.45, 7) is 4.11. The van der Waals surface area contributed by atoms with Gasteiger partial charge in [0.15, 0.2) is 0 Å². The van der Waals surface area contributed by atoms with Gasteiger partial charge in [0.1, 0.15) is 6.10 Å². The van der Waals surface area contributed by atoms with Gasteiger partial charge in [0.05, 0.1) is 0 Å². The van der Waals surface area contributed by atoms with E-state index in [-0.39, 0.29) is 0 Å². The highest BCUT2D eigenvalue weighted by molar-refractivity contribution is 7.17. The summed E-state index contributed by atoms with van der Waals surface area (Å²) in [4.78, 5) is 0. The Hall–Kier alpha value is -1.64. The molecule has 0 fully saturated rings.